The number of furan rings is 1. The number of nitrogens with zero attached hydrogens (tertiary/aromatic N) is 3. The molecule has 3 aromatic heterocycles. The van der Waals surface area contributed by atoms with Crippen molar-refractivity contribution in [3.8, 4) is 33.9 Å². The summed E-state index contributed by atoms with van der Waals surface area (Å²) < 4.78 is 41.4. The zero-order valence-electron chi connectivity index (χ0n) is 25.2. The summed E-state index contributed by atoms with van der Waals surface area (Å²) in [6.07, 6.45) is 1.65. The van der Waals surface area contributed by atoms with Gasteiger partial charge in [-0.05, 0) is 55.0 Å². The fourth-order valence-corrected chi connectivity index (χ4v) is 6.70. The highest BCUT2D eigenvalue weighted by Gasteiger charge is 2.28. The van der Waals surface area contributed by atoms with Gasteiger partial charge in [-0.2, -0.15) is 4.98 Å². The summed E-state index contributed by atoms with van der Waals surface area (Å²) in [4.78, 5) is 22.3. The van der Waals surface area contributed by atoms with E-state index in [1.165, 1.54) is 11.4 Å². The number of rotatable bonds is 7. The molecule has 0 bridgehead atoms. The van der Waals surface area contributed by atoms with E-state index in [9.17, 15) is 13.2 Å². The van der Waals surface area contributed by atoms with Gasteiger partial charge in [0.1, 0.15) is 11.3 Å². The molecule has 228 valence electrons. The third-order valence-corrected chi connectivity index (χ3v) is 9.69. The molecule has 0 radical (unpaired) electrons. The van der Waals surface area contributed by atoms with Crippen LogP contribution in [0.4, 0.5) is 5.69 Å². The van der Waals surface area contributed by atoms with E-state index in [1.807, 2.05) is 55.5 Å². The summed E-state index contributed by atoms with van der Waals surface area (Å²) in [6, 6.07) is 30.4. The minimum absolute atomic E-state index is 0.141. The quantitative estimate of drug-likeness (QED) is 0.195. The molecular weight excluding hydrogens is 600 g/mol. The molecule has 0 aliphatic carbocycles. The van der Waals surface area contributed by atoms with Crippen molar-refractivity contribution in [1.82, 2.24) is 15.3 Å². The molecule has 0 saturated carbocycles. The van der Waals surface area contributed by atoms with Crippen LogP contribution in [0.1, 0.15) is 15.9 Å². The third-order valence-electron chi connectivity index (χ3n) is 7.90. The first-order valence-corrected chi connectivity index (χ1v) is 15.9. The van der Waals surface area contributed by atoms with E-state index in [4.69, 9.17) is 8.83 Å². The first-order chi connectivity index (χ1) is 22.2. The Morgan fingerprint density at radius 1 is 0.804 bits per heavy atom. The van der Waals surface area contributed by atoms with E-state index in [0.717, 1.165) is 11.1 Å². The van der Waals surface area contributed by atoms with Gasteiger partial charge in [0.2, 0.25) is 5.89 Å². The van der Waals surface area contributed by atoms with Crippen molar-refractivity contribution in [2.75, 3.05) is 18.4 Å². The first-order valence-electron chi connectivity index (χ1n) is 14.5. The van der Waals surface area contributed by atoms with Gasteiger partial charge in [-0.25, -0.2) is 13.4 Å². The number of aryl methyl sites for hydroxylation is 1. The van der Waals surface area contributed by atoms with E-state index in [2.05, 4.69) is 15.3 Å². The van der Waals surface area contributed by atoms with Crippen molar-refractivity contribution in [2.24, 2.45) is 0 Å². The van der Waals surface area contributed by atoms with Crippen LogP contribution in [-0.4, -0.2) is 38.4 Å². The molecule has 46 heavy (non-hydrogen) atoms. The number of amides is 1. The van der Waals surface area contributed by atoms with Crippen molar-refractivity contribution in [1.29, 1.82) is 0 Å². The largest absolute Gasteiger partial charge is 0.455 e. The molecule has 0 fully saturated rings. The standard InChI is InChI=1S/C36H28N4O5S/c1-22-14-16-23(17-15-22)33-32(35(41)37-2)28-20-27(24-9-7-10-25(19-24)36-39-34-30(45-36)13-8-18-38-34)29(21-31(28)44-33)40(3)46(42,43)26-11-5-4-6-12-26/h4-21H,1-3H3,(H,37,41). The highest BCUT2D eigenvalue weighted by atomic mass is 32.2. The Bertz CT molecular complexity index is 2330. The van der Waals surface area contributed by atoms with Gasteiger partial charge in [-0.3, -0.25) is 9.10 Å². The highest BCUT2D eigenvalue weighted by molar-refractivity contribution is 7.92. The summed E-state index contributed by atoms with van der Waals surface area (Å²) in [6.45, 7) is 1.98. The van der Waals surface area contributed by atoms with Crippen LogP contribution in [0.25, 0.3) is 56.1 Å². The van der Waals surface area contributed by atoms with Crippen molar-refractivity contribution < 1.29 is 22.0 Å². The number of benzene rings is 4. The molecule has 0 saturated heterocycles. The van der Waals surface area contributed by atoms with Crippen LogP contribution < -0.4 is 9.62 Å². The number of sulfonamides is 1. The number of carbonyl (C=O) groups excluding carboxylic acids is 1. The fourth-order valence-electron chi connectivity index (χ4n) is 5.47. The van der Waals surface area contributed by atoms with Crippen LogP contribution in [0.5, 0.6) is 0 Å². The van der Waals surface area contributed by atoms with Crippen LogP contribution in [0.15, 0.2) is 123 Å². The SMILES string of the molecule is CNC(=O)c1c(-c2ccc(C)cc2)oc2cc(N(C)S(=O)(=O)c3ccccc3)c(-c3cccc(-c4nc5ncccc5o4)c3)cc12. The minimum Gasteiger partial charge on any atom is -0.455 e. The Hall–Kier alpha value is -5.74. The second kappa shape index (κ2) is 11.3. The van der Waals surface area contributed by atoms with Gasteiger partial charge in [0, 0.05) is 48.4 Å². The Balaban J connectivity index is 1.48. The lowest BCUT2D eigenvalue weighted by Gasteiger charge is -2.23. The monoisotopic (exact) mass is 628 g/mol. The van der Waals surface area contributed by atoms with Crippen LogP contribution in [0, 0.1) is 6.92 Å². The smallest absolute Gasteiger partial charge is 0.264 e. The topological polar surface area (TPSA) is 119 Å². The zero-order chi connectivity index (χ0) is 32.0. The van der Waals surface area contributed by atoms with Crippen molar-refractivity contribution in [2.45, 2.75) is 11.8 Å². The first kappa shape index (κ1) is 29.0. The maximum absolute atomic E-state index is 13.9. The number of anilines is 1. The van der Waals surface area contributed by atoms with E-state index < -0.39 is 10.0 Å². The predicted octanol–water partition coefficient (Wildman–Crippen LogP) is 7.46. The predicted molar refractivity (Wildman–Crippen MR) is 178 cm³/mol. The number of nitrogens with one attached hydrogen (secondary N) is 1. The summed E-state index contributed by atoms with van der Waals surface area (Å²) in [5.74, 6) is 0.434. The second-order valence-electron chi connectivity index (χ2n) is 10.8. The highest BCUT2D eigenvalue weighted by Crippen LogP contribution is 2.42. The molecule has 0 aliphatic rings. The Morgan fingerprint density at radius 2 is 1.57 bits per heavy atom. The summed E-state index contributed by atoms with van der Waals surface area (Å²) in [5.41, 5.74) is 5.82. The van der Waals surface area contributed by atoms with Gasteiger partial charge in [0.15, 0.2) is 11.2 Å². The maximum atomic E-state index is 13.9. The minimum atomic E-state index is -3.98. The molecule has 0 unspecified atom stereocenters. The van der Waals surface area contributed by atoms with E-state index in [0.29, 0.717) is 61.8 Å². The Labute approximate surface area is 265 Å². The van der Waals surface area contributed by atoms with Crippen LogP contribution in [0.2, 0.25) is 0 Å². The van der Waals surface area contributed by atoms with E-state index >= 15 is 0 Å². The van der Waals surface area contributed by atoms with Gasteiger partial charge in [0.05, 0.1) is 16.1 Å². The lowest BCUT2D eigenvalue weighted by molar-refractivity contribution is 0.0964. The van der Waals surface area contributed by atoms with Crippen LogP contribution in [-0.2, 0) is 10.0 Å². The molecule has 1 N–H and O–H groups in total. The Kier molecular flexibility index (Phi) is 7.13. The number of aromatic nitrogens is 2. The van der Waals surface area contributed by atoms with Crippen LogP contribution in [0.3, 0.4) is 0 Å². The van der Waals surface area contributed by atoms with E-state index in [1.54, 1.807) is 67.8 Å². The number of hydrogen-bond acceptors (Lipinski definition) is 7. The molecule has 0 atom stereocenters. The fraction of sp³-hybridized carbons (Fsp3) is 0.0833. The second-order valence-corrected chi connectivity index (χ2v) is 12.8. The summed E-state index contributed by atoms with van der Waals surface area (Å²) >= 11 is 0. The number of fused-ring (bicyclic) bond motifs is 2. The van der Waals surface area contributed by atoms with Gasteiger partial charge in [0.25, 0.3) is 15.9 Å². The molecule has 4 aromatic carbocycles. The van der Waals surface area contributed by atoms with Gasteiger partial charge < -0.3 is 14.2 Å². The van der Waals surface area contributed by atoms with Crippen molar-refractivity contribution >= 4 is 43.8 Å². The van der Waals surface area contributed by atoms with Crippen molar-refractivity contribution in [3.05, 3.63) is 120 Å². The van der Waals surface area contributed by atoms with Gasteiger partial charge in [-0.15, -0.1) is 0 Å². The summed E-state index contributed by atoms with van der Waals surface area (Å²) in [7, 11) is -0.908. The normalized spacial score (nSPS) is 11.6. The number of oxazole rings is 1. The lowest BCUT2D eigenvalue weighted by atomic mass is 9.97. The number of carbonyl (C=O) groups is 1. The molecule has 3 heterocycles. The third kappa shape index (κ3) is 4.98. The molecule has 1 amide bonds. The molecular formula is C36H28N4O5S. The molecule has 7 rings (SSSR count). The maximum Gasteiger partial charge on any atom is 0.264 e. The average Bonchev–Trinajstić information content (AvgIpc) is 3.69. The molecule has 10 heteroatoms. The lowest BCUT2D eigenvalue weighted by Crippen LogP contribution is -2.27. The Morgan fingerprint density at radius 3 is 2.30 bits per heavy atom. The summed E-state index contributed by atoms with van der Waals surface area (Å²) in [5, 5.41) is 3.27. The van der Waals surface area contributed by atoms with Gasteiger partial charge in [-0.1, -0.05) is 60.2 Å². The molecule has 0 aliphatic heterocycles. The zero-order valence-corrected chi connectivity index (χ0v) is 26.0. The molecule has 0 spiro atoms. The van der Waals surface area contributed by atoms with Gasteiger partial charge >= 0.3 is 0 Å². The number of hydrogen-bond donors (Lipinski definition) is 1. The van der Waals surface area contributed by atoms with Crippen molar-refractivity contribution in [3.63, 3.8) is 0 Å². The number of pyridine rings is 1. The molecule has 9 nitrogen and oxygen atoms in total. The van der Waals surface area contributed by atoms with E-state index in [-0.39, 0.29) is 10.8 Å². The average molecular weight is 629 g/mol. The molecule has 7 aromatic rings. The van der Waals surface area contributed by atoms with Crippen LogP contribution >= 0.6 is 0 Å².